The van der Waals surface area contributed by atoms with Crippen LogP contribution in [-0.2, 0) is 23.6 Å². The van der Waals surface area contributed by atoms with Crippen molar-refractivity contribution in [2.24, 2.45) is 12.8 Å². The third-order valence-electron chi connectivity index (χ3n) is 5.53. The molecule has 3 aromatic rings. The molecule has 0 bridgehead atoms. The summed E-state index contributed by atoms with van der Waals surface area (Å²) in [7, 11) is -1.66. The molecule has 144 valence electrons. The Labute approximate surface area is 158 Å². The minimum Gasteiger partial charge on any atom is -0.349 e. The van der Waals surface area contributed by atoms with Gasteiger partial charge in [0.1, 0.15) is 4.90 Å². The molecule has 8 nitrogen and oxygen atoms in total. The molecule has 1 saturated heterocycles. The lowest BCUT2D eigenvalue weighted by atomic mass is 9.95. The van der Waals surface area contributed by atoms with E-state index in [1.807, 2.05) is 37.0 Å². The van der Waals surface area contributed by atoms with Gasteiger partial charge in [0.25, 0.3) is 0 Å². The van der Waals surface area contributed by atoms with E-state index >= 15 is 0 Å². The van der Waals surface area contributed by atoms with Gasteiger partial charge < -0.3 is 10.3 Å². The molecule has 9 heteroatoms. The van der Waals surface area contributed by atoms with Crippen LogP contribution in [0.4, 0.5) is 0 Å². The Bertz CT molecular complexity index is 1100. The Kier molecular flexibility index (Phi) is 4.32. The Balaban J connectivity index is 1.69. The second-order valence-corrected chi connectivity index (χ2v) is 9.00. The fraction of sp³-hybridized carbons (Fsp3) is 0.444. The Morgan fingerprint density at radius 1 is 1.30 bits per heavy atom. The number of pyridine rings is 1. The quantitative estimate of drug-likeness (QED) is 0.724. The van der Waals surface area contributed by atoms with Gasteiger partial charge in [-0.2, -0.15) is 9.40 Å². The average molecular weight is 388 g/mol. The van der Waals surface area contributed by atoms with Crippen molar-refractivity contribution in [2.45, 2.75) is 37.2 Å². The summed E-state index contributed by atoms with van der Waals surface area (Å²) in [6.45, 7) is 5.02. The average Bonchev–Trinajstić information content (AvgIpc) is 3.31. The lowest BCUT2D eigenvalue weighted by molar-refractivity contribution is 0.469. The van der Waals surface area contributed by atoms with Gasteiger partial charge >= 0.3 is 0 Å². The first-order valence-corrected chi connectivity index (χ1v) is 10.5. The summed E-state index contributed by atoms with van der Waals surface area (Å²) >= 11 is 0. The first kappa shape index (κ1) is 18.1. The van der Waals surface area contributed by atoms with E-state index in [0.717, 1.165) is 16.5 Å². The Morgan fingerprint density at radius 2 is 2.07 bits per heavy atom. The van der Waals surface area contributed by atoms with Crippen LogP contribution in [0.2, 0.25) is 0 Å². The second-order valence-electron chi connectivity index (χ2n) is 7.09. The highest BCUT2D eigenvalue weighted by Crippen LogP contribution is 2.35. The van der Waals surface area contributed by atoms with Gasteiger partial charge in [-0.25, -0.2) is 8.42 Å². The summed E-state index contributed by atoms with van der Waals surface area (Å²) < 4.78 is 31.6. The third-order valence-corrected chi connectivity index (χ3v) is 7.46. The molecule has 0 amide bonds. The van der Waals surface area contributed by atoms with E-state index in [9.17, 15) is 8.42 Å². The largest absolute Gasteiger partial charge is 0.349 e. The molecule has 1 fully saturated rings. The zero-order chi connectivity index (χ0) is 19.3. The summed E-state index contributed by atoms with van der Waals surface area (Å²) in [5, 5.41) is 5.25. The van der Waals surface area contributed by atoms with Crippen LogP contribution < -0.4 is 5.73 Å². The maximum Gasteiger partial charge on any atom is 0.246 e. The summed E-state index contributed by atoms with van der Waals surface area (Å²) in [6.07, 6.45) is 7.05. The molecule has 2 atom stereocenters. The predicted molar refractivity (Wildman–Crippen MR) is 103 cm³/mol. The van der Waals surface area contributed by atoms with Crippen LogP contribution in [0.3, 0.4) is 0 Å². The standard InChI is InChI=1S/C18H24N6O2S/c1-4-24-12(2)18(8-21-24)27(25,26)23-10-15(16(19)11-23)14-9-22(3)17-7-20-6-5-13(14)17/h5-9,15-16H,4,10-11,19H2,1-3H3/t15-,16+/m0/s1. The molecule has 1 aliphatic rings. The summed E-state index contributed by atoms with van der Waals surface area (Å²) in [4.78, 5) is 4.44. The van der Waals surface area contributed by atoms with Crippen molar-refractivity contribution in [1.82, 2.24) is 23.6 Å². The maximum absolute atomic E-state index is 13.2. The molecular formula is C18H24N6O2S. The van der Waals surface area contributed by atoms with Gasteiger partial charge in [0.05, 0.1) is 23.6 Å². The van der Waals surface area contributed by atoms with Gasteiger partial charge in [0.15, 0.2) is 0 Å². The molecule has 3 aromatic heterocycles. The number of sulfonamides is 1. The normalized spacial score (nSPS) is 21.3. The van der Waals surface area contributed by atoms with Gasteiger partial charge in [-0.1, -0.05) is 0 Å². The van der Waals surface area contributed by atoms with E-state index in [1.165, 1.54) is 10.5 Å². The van der Waals surface area contributed by atoms with Crippen molar-refractivity contribution in [3.05, 3.63) is 42.1 Å². The van der Waals surface area contributed by atoms with Crippen molar-refractivity contribution in [2.75, 3.05) is 13.1 Å². The molecule has 2 N–H and O–H groups in total. The van der Waals surface area contributed by atoms with E-state index in [4.69, 9.17) is 5.73 Å². The number of nitrogens with two attached hydrogens (primary N) is 1. The van der Waals surface area contributed by atoms with Crippen LogP contribution in [0.1, 0.15) is 24.1 Å². The summed E-state index contributed by atoms with van der Waals surface area (Å²) in [5.74, 6) is -0.0626. The lowest BCUT2D eigenvalue weighted by Crippen LogP contribution is -2.32. The summed E-state index contributed by atoms with van der Waals surface area (Å²) in [5.41, 5.74) is 9.14. The van der Waals surface area contributed by atoms with Gasteiger partial charge in [-0.3, -0.25) is 9.67 Å². The number of rotatable bonds is 4. The van der Waals surface area contributed by atoms with Crippen LogP contribution in [0.25, 0.3) is 10.9 Å². The molecule has 4 rings (SSSR count). The van der Waals surface area contributed by atoms with Gasteiger partial charge in [0.2, 0.25) is 10.0 Å². The minimum absolute atomic E-state index is 0.0626. The topological polar surface area (TPSA) is 99.0 Å². The molecule has 4 heterocycles. The van der Waals surface area contributed by atoms with E-state index in [1.54, 1.807) is 17.8 Å². The second kappa shape index (κ2) is 6.43. The van der Waals surface area contributed by atoms with Crippen molar-refractivity contribution < 1.29 is 8.42 Å². The zero-order valence-corrected chi connectivity index (χ0v) is 16.5. The van der Waals surface area contributed by atoms with Crippen molar-refractivity contribution in [3.8, 4) is 0 Å². The third kappa shape index (κ3) is 2.77. The highest BCUT2D eigenvalue weighted by atomic mass is 32.2. The van der Waals surface area contributed by atoms with Gasteiger partial charge in [-0.15, -0.1) is 0 Å². The van der Waals surface area contributed by atoms with Crippen molar-refractivity contribution in [3.63, 3.8) is 0 Å². The van der Waals surface area contributed by atoms with Crippen molar-refractivity contribution in [1.29, 1.82) is 0 Å². The molecule has 0 aliphatic carbocycles. The fourth-order valence-corrected chi connectivity index (χ4v) is 5.67. The molecular weight excluding hydrogens is 364 g/mol. The molecule has 0 saturated carbocycles. The van der Waals surface area contributed by atoms with Crippen LogP contribution in [0, 0.1) is 6.92 Å². The number of nitrogens with zero attached hydrogens (tertiary/aromatic N) is 5. The Hall–Kier alpha value is -2.23. The fourth-order valence-electron chi connectivity index (χ4n) is 4.01. The number of hydrogen-bond acceptors (Lipinski definition) is 5. The first-order valence-electron chi connectivity index (χ1n) is 9.01. The van der Waals surface area contributed by atoms with E-state index < -0.39 is 10.0 Å². The number of fused-ring (bicyclic) bond motifs is 1. The molecule has 0 unspecified atom stereocenters. The van der Waals surface area contributed by atoms with Crippen LogP contribution in [0.5, 0.6) is 0 Å². The van der Waals surface area contributed by atoms with Crippen LogP contribution in [-0.4, -0.2) is 51.2 Å². The first-order chi connectivity index (χ1) is 12.8. The number of aromatic nitrogens is 4. The predicted octanol–water partition coefficient (Wildman–Crippen LogP) is 1.21. The van der Waals surface area contributed by atoms with Gasteiger partial charge in [-0.05, 0) is 25.5 Å². The molecule has 0 aromatic carbocycles. The molecule has 0 spiro atoms. The zero-order valence-electron chi connectivity index (χ0n) is 15.7. The van der Waals surface area contributed by atoms with Crippen LogP contribution in [0.15, 0.2) is 35.7 Å². The molecule has 0 radical (unpaired) electrons. The molecule has 1 aliphatic heterocycles. The van der Waals surface area contributed by atoms with E-state index in [0.29, 0.717) is 25.3 Å². The van der Waals surface area contributed by atoms with Crippen LogP contribution >= 0.6 is 0 Å². The number of aryl methyl sites for hydroxylation is 2. The Morgan fingerprint density at radius 3 is 2.78 bits per heavy atom. The minimum atomic E-state index is -3.63. The van der Waals surface area contributed by atoms with Gasteiger partial charge in [0, 0.05) is 56.4 Å². The highest BCUT2D eigenvalue weighted by molar-refractivity contribution is 7.89. The summed E-state index contributed by atoms with van der Waals surface area (Å²) in [6, 6.07) is 1.70. The SMILES string of the molecule is CCn1ncc(S(=O)(=O)N2C[C@@H](N)[C@H](c3cn(C)c4cnccc34)C2)c1C. The van der Waals surface area contributed by atoms with E-state index in [-0.39, 0.29) is 16.9 Å². The van der Waals surface area contributed by atoms with E-state index in [2.05, 4.69) is 10.1 Å². The lowest BCUT2D eigenvalue weighted by Gasteiger charge is -2.16. The highest BCUT2D eigenvalue weighted by Gasteiger charge is 2.40. The van der Waals surface area contributed by atoms with Crippen molar-refractivity contribution >= 4 is 20.9 Å². The monoisotopic (exact) mass is 388 g/mol. The number of hydrogen-bond donors (Lipinski definition) is 1. The maximum atomic E-state index is 13.2. The molecule has 27 heavy (non-hydrogen) atoms. The smallest absolute Gasteiger partial charge is 0.246 e.